The van der Waals surface area contributed by atoms with Gasteiger partial charge in [-0.1, -0.05) is 6.92 Å². The summed E-state index contributed by atoms with van der Waals surface area (Å²) < 4.78 is 10.8. The van der Waals surface area contributed by atoms with Crippen LogP contribution in [-0.2, 0) is 9.47 Å². The number of rotatable bonds is 4. The monoisotopic (exact) mass is 265 g/mol. The largest absolute Gasteiger partial charge is 0.456 e. The zero-order valence-corrected chi connectivity index (χ0v) is 10.6. The van der Waals surface area contributed by atoms with Gasteiger partial charge in [-0.2, -0.15) is 0 Å². The molecule has 0 N–H and O–H groups in total. The van der Waals surface area contributed by atoms with Crippen molar-refractivity contribution in [3.63, 3.8) is 0 Å². The molecule has 2 atom stereocenters. The SMILES string of the molecule is CC[C@@H]1OCC[C@@H]1OC(=O)c1ccc([N+](=O)[O-])cc1. The van der Waals surface area contributed by atoms with Gasteiger partial charge in [0.2, 0.25) is 0 Å². The fourth-order valence-corrected chi connectivity index (χ4v) is 2.07. The van der Waals surface area contributed by atoms with Crippen molar-refractivity contribution in [2.75, 3.05) is 6.61 Å². The van der Waals surface area contributed by atoms with Crippen molar-refractivity contribution in [1.29, 1.82) is 0 Å². The first-order valence-electron chi connectivity index (χ1n) is 6.19. The molecule has 19 heavy (non-hydrogen) atoms. The maximum Gasteiger partial charge on any atom is 0.338 e. The molecule has 1 fully saturated rings. The molecule has 6 nitrogen and oxygen atoms in total. The number of nitro groups is 1. The Morgan fingerprint density at radius 3 is 2.74 bits per heavy atom. The molecule has 1 saturated heterocycles. The van der Waals surface area contributed by atoms with Gasteiger partial charge in [0.05, 0.1) is 23.2 Å². The number of esters is 1. The molecule has 0 bridgehead atoms. The lowest BCUT2D eigenvalue weighted by Gasteiger charge is -2.17. The Bertz CT molecular complexity index is 470. The third kappa shape index (κ3) is 3.08. The van der Waals surface area contributed by atoms with Crippen molar-refractivity contribution < 1.29 is 19.2 Å². The van der Waals surface area contributed by atoms with Crippen LogP contribution < -0.4 is 0 Å². The van der Waals surface area contributed by atoms with Gasteiger partial charge in [0.25, 0.3) is 5.69 Å². The molecule has 0 radical (unpaired) electrons. The lowest BCUT2D eigenvalue weighted by atomic mass is 10.1. The van der Waals surface area contributed by atoms with Crippen molar-refractivity contribution in [2.24, 2.45) is 0 Å². The van der Waals surface area contributed by atoms with Gasteiger partial charge in [0, 0.05) is 18.6 Å². The van der Waals surface area contributed by atoms with E-state index in [0.717, 1.165) is 6.42 Å². The molecule has 0 aromatic heterocycles. The Kier molecular flexibility index (Phi) is 4.11. The average molecular weight is 265 g/mol. The molecule has 6 heteroatoms. The highest BCUT2D eigenvalue weighted by molar-refractivity contribution is 5.89. The number of ether oxygens (including phenoxy) is 2. The van der Waals surface area contributed by atoms with Crippen LogP contribution in [0.4, 0.5) is 5.69 Å². The summed E-state index contributed by atoms with van der Waals surface area (Å²) in [4.78, 5) is 21.9. The summed E-state index contributed by atoms with van der Waals surface area (Å²) in [7, 11) is 0. The standard InChI is InChI=1S/C13H15NO5/c1-2-11-12(7-8-18-11)19-13(15)9-3-5-10(6-4-9)14(16)17/h3-6,11-12H,2,7-8H2,1H3/t11-,12-/m0/s1. The quantitative estimate of drug-likeness (QED) is 0.474. The zero-order chi connectivity index (χ0) is 13.8. The summed E-state index contributed by atoms with van der Waals surface area (Å²) in [6.45, 7) is 2.57. The van der Waals surface area contributed by atoms with E-state index in [9.17, 15) is 14.9 Å². The van der Waals surface area contributed by atoms with Crippen LogP contribution in [0.25, 0.3) is 0 Å². The highest BCUT2D eigenvalue weighted by Crippen LogP contribution is 2.21. The van der Waals surface area contributed by atoms with Crippen LogP contribution in [0.3, 0.4) is 0 Å². The molecule has 0 saturated carbocycles. The number of nitro benzene ring substituents is 1. The molecular formula is C13H15NO5. The topological polar surface area (TPSA) is 78.7 Å². The highest BCUT2D eigenvalue weighted by atomic mass is 16.6. The molecule has 1 aromatic carbocycles. The van der Waals surface area contributed by atoms with Crippen molar-refractivity contribution >= 4 is 11.7 Å². The minimum absolute atomic E-state index is 0.0489. The summed E-state index contributed by atoms with van der Waals surface area (Å²) in [6.07, 6.45) is 1.20. The van der Waals surface area contributed by atoms with E-state index in [1.54, 1.807) is 0 Å². The maximum atomic E-state index is 11.9. The lowest BCUT2D eigenvalue weighted by molar-refractivity contribution is -0.384. The van der Waals surface area contributed by atoms with Gasteiger partial charge in [0.15, 0.2) is 0 Å². The molecule has 102 valence electrons. The van der Waals surface area contributed by atoms with E-state index in [-0.39, 0.29) is 17.9 Å². The molecular weight excluding hydrogens is 250 g/mol. The Morgan fingerprint density at radius 2 is 2.16 bits per heavy atom. The number of benzene rings is 1. The third-order valence-corrected chi connectivity index (χ3v) is 3.12. The predicted molar refractivity (Wildman–Crippen MR) is 66.9 cm³/mol. The van der Waals surface area contributed by atoms with E-state index in [4.69, 9.17) is 9.47 Å². The predicted octanol–water partition coefficient (Wildman–Crippen LogP) is 2.32. The summed E-state index contributed by atoms with van der Waals surface area (Å²) in [6, 6.07) is 5.38. The van der Waals surface area contributed by atoms with Crippen molar-refractivity contribution in [3.8, 4) is 0 Å². The second-order valence-electron chi connectivity index (χ2n) is 4.35. The maximum absolute atomic E-state index is 11.9. The molecule has 1 aliphatic rings. The van der Waals surface area contributed by atoms with Gasteiger partial charge in [-0.15, -0.1) is 0 Å². The van der Waals surface area contributed by atoms with Crippen LogP contribution in [0.2, 0.25) is 0 Å². The molecule has 0 unspecified atom stereocenters. The highest BCUT2D eigenvalue weighted by Gasteiger charge is 2.30. The summed E-state index contributed by atoms with van der Waals surface area (Å²) >= 11 is 0. The average Bonchev–Trinajstić information content (AvgIpc) is 2.86. The van der Waals surface area contributed by atoms with Gasteiger partial charge in [-0.3, -0.25) is 10.1 Å². The number of hydrogen-bond acceptors (Lipinski definition) is 5. The normalized spacial score (nSPS) is 22.2. The van der Waals surface area contributed by atoms with Gasteiger partial charge in [-0.05, 0) is 18.6 Å². The fraction of sp³-hybridized carbons (Fsp3) is 0.462. The van der Waals surface area contributed by atoms with Crippen LogP contribution in [-0.4, -0.2) is 29.7 Å². The minimum atomic E-state index is -0.507. The van der Waals surface area contributed by atoms with Crippen LogP contribution in [0.1, 0.15) is 30.1 Å². The van der Waals surface area contributed by atoms with Gasteiger partial charge >= 0.3 is 5.97 Å². The second kappa shape index (κ2) is 5.79. The summed E-state index contributed by atoms with van der Waals surface area (Å²) in [5, 5.41) is 10.5. The van der Waals surface area contributed by atoms with Gasteiger partial charge < -0.3 is 9.47 Å². The molecule has 1 heterocycles. The minimum Gasteiger partial charge on any atom is -0.456 e. The molecule has 2 rings (SSSR count). The molecule has 1 aliphatic heterocycles. The number of carbonyl (C=O) groups is 1. The summed E-state index contributed by atoms with van der Waals surface area (Å²) in [5.41, 5.74) is 0.263. The van der Waals surface area contributed by atoms with Crippen molar-refractivity contribution in [2.45, 2.75) is 32.0 Å². The first kappa shape index (κ1) is 13.5. The fourth-order valence-electron chi connectivity index (χ4n) is 2.07. The summed E-state index contributed by atoms with van der Waals surface area (Å²) in [5.74, 6) is -0.469. The first-order valence-corrected chi connectivity index (χ1v) is 6.19. The smallest absolute Gasteiger partial charge is 0.338 e. The number of non-ortho nitro benzene ring substituents is 1. The Morgan fingerprint density at radius 1 is 1.47 bits per heavy atom. The van der Waals surface area contributed by atoms with E-state index in [0.29, 0.717) is 18.6 Å². The molecule has 0 spiro atoms. The molecule has 0 aliphatic carbocycles. The molecule has 0 amide bonds. The van der Waals surface area contributed by atoms with E-state index < -0.39 is 10.9 Å². The van der Waals surface area contributed by atoms with Crippen LogP contribution >= 0.6 is 0 Å². The second-order valence-corrected chi connectivity index (χ2v) is 4.35. The third-order valence-electron chi connectivity index (χ3n) is 3.12. The lowest BCUT2D eigenvalue weighted by Crippen LogP contribution is -2.26. The van der Waals surface area contributed by atoms with E-state index >= 15 is 0 Å². The van der Waals surface area contributed by atoms with E-state index in [1.807, 2.05) is 6.92 Å². The van der Waals surface area contributed by atoms with E-state index in [2.05, 4.69) is 0 Å². The molecule has 1 aromatic rings. The number of nitrogens with zero attached hydrogens (tertiary/aromatic N) is 1. The van der Waals surface area contributed by atoms with Crippen LogP contribution in [0, 0.1) is 10.1 Å². The number of hydrogen-bond donors (Lipinski definition) is 0. The van der Waals surface area contributed by atoms with Crippen LogP contribution in [0.15, 0.2) is 24.3 Å². The Balaban J connectivity index is 2.01. The van der Waals surface area contributed by atoms with E-state index in [1.165, 1.54) is 24.3 Å². The first-order chi connectivity index (χ1) is 9.11. The van der Waals surface area contributed by atoms with Crippen LogP contribution in [0.5, 0.6) is 0 Å². The van der Waals surface area contributed by atoms with Crippen molar-refractivity contribution in [1.82, 2.24) is 0 Å². The van der Waals surface area contributed by atoms with Gasteiger partial charge in [0.1, 0.15) is 6.10 Å². The van der Waals surface area contributed by atoms with Gasteiger partial charge in [-0.25, -0.2) is 4.79 Å². The Labute approximate surface area is 110 Å². The number of carbonyl (C=O) groups excluding carboxylic acids is 1. The zero-order valence-electron chi connectivity index (χ0n) is 10.6. The van der Waals surface area contributed by atoms with Crippen molar-refractivity contribution in [3.05, 3.63) is 39.9 Å². The Hall–Kier alpha value is -1.95.